The maximum absolute atomic E-state index is 12.8. The molecule has 0 atom stereocenters. The number of carbonyl (C=O) groups excluding carboxylic acids is 2. The van der Waals surface area contributed by atoms with E-state index in [4.69, 9.17) is 4.74 Å². The zero-order chi connectivity index (χ0) is 20.7. The predicted molar refractivity (Wildman–Crippen MR) is 116 cm³/mol. The number of ether oxygens (including phenoxy) is 1. The SMILES string of the molecule is COC(=O)c1ccc2c(/C=C3/C(=O)C4CCN3CC4)cn(Cc3ccccc3)c2c1. The number of methoxy groups -OCH3 is 1. The van der Waals surface area contributed by atoms with Crippen molar-refractivity contribution in [2.24, 2.45) is 5.92 Å². The van der Waals surface area contributed by atoms with E-state index >= 15 is 0 Å². The van der Waals surface area contributed by atoms with Crippen molar-refractivity contribution in [2.75, 3.05) is 20.2 Å². The molecule has 2 aromatic carbocycles. The molecule has 3 aromatic rings. The number of hydrogen-bond donors (Lipinski definition) is 0. The minimum absolute atomic E-state index is 0.171. The van der Waals surface area contributed by atoms with E-state index in [1.54, 1.807) is 6.07 Å². The third-order valence-corrected chi connectivity index (χ3v) is 6.28. The summed E-state index contributed by atoms with van der Waals surface area (Å²) in [5.41, 5.74) is 4.49. The van der Waals surface area contributed by atoms with E-state index in [0.29, 0.717) is 12.1 Å². The van der Waals surface area contributed by atoms with E-state index in [1.165, 1.54) is 12.7 Å². The lowest BCUT2D eigenvalue weighted by atomic mass is 9.84. The van der Waals surface area contributed by atoms with Gasteiger partial charge in [0.15, 0.2) is 5.78 Å². The lowest BCUT2D eigenvalue weighted by molar-refractivity contribution is -0.125. The Morgan fingerprint density at radius 2 is 1.90 bits per heavy atom. The standard InChI is InChI=1S/C25H24N2O3/c1-30-25(29)19-7-8-21-20(14-23-24(28)18-9-11-26(23)12-10-18)16-27(22(21)13-19)15-17-5-3-2-4-6-17/h2-8,13-14,16,18H,9-12,15H2,1H3/b23-14-. The fraction of sp³-hybridized carbons (Fsp3) is 0.280. The number of nitrogens with zero attached hydrogens (tertiary/aromatic N) is 2. The lowest BCUT2D eigenvalue weighted by Gasteiger charge is -2.41. The second-order valence-corrected chi connectivity index (χ2v) is 8.08. The second kappa shape index (κ2) is 7.48. The summed E-state index contributed by atoms with van der Waals surface area (Å²) in [7, 11) is 1.39. The first kappa shape index (κ1) is 18.7. The molecule has 0 amide bonds. The molecule has 4 heterocycles. The molecule has 3 aliphatic rings. The van der Waals surface area contributed by atoms with Gasteiger partial charge in [-0.25, -0.2) is 4.79 Å². The van der Waals surface area contributed by atoms with E-state index in [9.17, 15) is 9.59 Å². The van der Waals surface area contributed by atoms with Crippen LogP contribution in [0.4, 0.5) is 0 Å². The van der Waals surface area contributed by atoms with Gasteiger partial charge < -0.3 is 14.2 Å². The molecule has 3 aliphatic heterocycles. The van der Waals surface area contributed by atoms with Crippen molar-refractivity contribution in [3.8, 4) is 0 Å². The van der Waals surface area contributed by atoms with Crippen LogP contribution in [0.5, 0.6) is 0 Å². The molecule has 0 unspecified atom stereocenters. The monoisotopic (exact) mass is 400 g/mol. The number of hydrogen-bond acceptors (Lipinski definition) is 4. The summed E-state index contributed by atoms with van der Waals surface area (Å²) >= 11 is 0. The molecule has 30 heavy (non-hydrogen) atoms. The molecule has 0 radical (unpaired) electrons. The van der Waals surface area contributed by atoms with Gasteiger partial charge in [-0.3, -0.25) is 4.79 Å². The summed E-state index contributed by atoms with van der Waals surface area (Å²) in [5.74, 6) is 0.0858. The Kier molecular flexibility index (Phi) is 4.66. The van der Waals surface area contributed by atoms with Crippen LogP contribution in [0.25, 0.3) is 17.0 Å². The molecular weight excluding hydrogens is 376 g/mol. The van der Waals surface area contributed by atoms with E-state index < -0.39 is 0 Å². The van der Waals surface area contributed by atoms with Crippen molar-refractivity contribution in [2.45, 2.75) is 19.4 Å². The Labute approximate surface area is 175 Å². The van der Waals surface area contributed by atoms with Crippen molar-refractivity contribution in [3.05, 3.63) is 77.1 Å². The van der Waals surface area contributed by atoms with Gasteiger partial charge >= 0.3 is 5.97 Å². The molecule has 3 fully saturated rings. The Bertz CT molecular complexity index is 1150. The molecule has 2 bridgehead atoms. The van der Waals surface area contributed by atoms with Crippen LogP contribution in [0, 0.1) is 5.92 Å². The van der Waals surface area contributed by atoms with Gasteiger partial charge in [0, 0.05) is 48.2 Å². The summed E-state index contributed by atoms with van der Waals surface area (Å²) in [6, 6.07) is 15.8. The first-order valence-electron chi connectivity index (χ1n) is 10.4. The molecule has 6 rings (SSSR count). The van der Waals surface area contributed by atoms with Crippen molar-refractivity contribution in [3.63, 3.8) is 0 Å². The Balaban J connectivity index is 1.62. The van der Waals surface area contributed by atoms with Crippen molar-refractivity contribution in [1.29, 1.82) is 0 Å². The highest BCUT2D eigenvalue weighted by Gasteiger charge is 2.36. The number of aromatic nitrogens is 1. The number of Topliss-reactive ketones (excluding diaryl/α,β-unsaturated/α-hetero) is 1. The fourth-order valence-electron chi connectivity index (χ4n) is 4.65. The van der Waals surface area contributed by atoms with E-state index in [2.05, 4.69) is 27.8 Å². The molecule has 0 saturated carbocycles. The van der Waals surface area contributed by atoms with Gasteiger partial charge in [-0.15, -0.1) is 0 Å². The highest BCUT2D eigenvalue weighted by Crippen LogP contribution is 2.34. The number of allylic oxidation sites excluding steroid dienone is 1. The minimum Gasteiger partial charge on any atom is -0.465 e. The fourth-order valence-corrected chi connectivity index (χ4v) is 4.65. The average molecular weight is 400 g/mol. The number of fused-ring (bicyclic) bond motifs is 4. The minimum atomic E-state index is -0.352. The Morgan fingerprint density at radius 3 is 2.60 bits per heavy atom. The Morgan fingerprint density at radius 1 is 1.13 bits per heavy atom. The number of piperidine rings is 3. The van der Waals surface area contributed by atoms with Gasteiger partial charge in [0.05, 0.1) is 18.4 Å². The Hall–Kier alpha value is -3.34. The van der Waals surface area contributed by atoms with Gasteiger partial charge in [0.1, 0.15) is 0 Å². The van der Waals surface area contributed by atoms with Crippen LogP contribution in [0.2, 0.25) is 0 Å². The zero-order valence-electron chi connectivity index (χ0n) is 17.0. The highest BCUT2D eigenvalue weighted by atomic mass is 16.5. The van der Waals surface area contributed by atoms with Crippen molar-refractivity contribution < 1.29 is 14.3 Å². The van der Waals surface area contributed by atoms with Crippen LogP contribution in [-0.4, -0.2) is 41.4 Å². The van der Waals surface area contributed by atoms with E-state index in [-0.39, 0.29) is 17.7 Å². The first-order valence-corrected chi connectivity index (χ1v) is 10.4. The first-order chi connectivity index (χ1) is 14.6. The van der Waals surface area contributed by atoms with E-state index in [1.807, 2.05) is 36.4 Å². The summed E-state index contributed by atoms with van der Waals surface area (Å²) in [6.07, 6.45) is 6.06. The van der Waals surface area contributed by atoms with Crippen LogP contribution in [-0.2, 0) is 16.1 Å². The molecule has 0 aliphatic carbocycles. The molecule has 1 aromatic heterocycles. The third kappa shape index (κ3) is 3.20. The van der Waals surface area contributed by atoms with Crippen molar-refractivity contribution in [1.82, 2.24) is 9.47 Å². The zero-order valence-corrected chi connectivity index (χ0v) is 17.0. The van der Waals surface area contributed by atoms with Crippen LogP contribution < -0.4 is 0 Å². The smallest absolute Gasteiger partial charge is 0.337 e. The molecule has 3 saturated heterocycles. The second-order valence-electron chi connectivity index (χ2n) is 8.08. The maximum Gasteiger partial charge on any atom is 0.337 e. The van der Waals surface area contributed by atoms with Gasteiger partial charge in [0.25, 0.3) is 0 Å². The predicted octanol–water partition coefficient (Wildman–Crippen LogP) is 4.11. The molecular formula is C25H24N2O3. The number of ketones is 1. The number of esters is 1. The summed E-state index contributed by atoms with van der Waals surface area (Å²) in [6.45, 7) is 2.60. The van der Waals surface area contributed by atoms with Gasteiger partial charge in [-0.1, -0.05) is 36.4 Å². The van der Waals surface area contributed by atoms with Gasteiger partial charge in [0.2, 0.25) is 0 Å². The maximum atomic E-state index is 12.8. The van der Waals surface area contributed by atoms with E-state index in [0.717, 1.165) is 48.1 Å². The molecule has 5 heteroatoms. The van der Waals surface area contributed by atoms with Crippen LogP contribution in [0.3, 0.4) is 0 Å². The normalized spacial score (nSPS) is 17.8. The summed E-state index contributed by atoms with van der Waals surface area (Å²) < 4.78 is 7.05. The van der Waals surface area contributed by atoms with Crippen LogP contribution in [0.1, 0.15) is 34.3 Å². The number of benzene rings is 2. The highest BCUT2D eigenvalue weighted by molar-refractivity contribution is 6.04. The van der Waals surface area contributed by atoms with Crippen LogP contribution in [0.15, 0.2) is 60.4 Å². The molecule has 0 N–H and O–H groups in total. The molecule has 152 valence electrons. The number of carbonyl (C=O) groups is 2. The van der Waals surface area contributed by atoms with Crippen LogP contribution >= 0.6 is 0 Å². The quantitative estimate of drug-likeness (QED) is 0.489. The van der Waals surface area contributed by atoms with Crippen molar-refractivity contribution >= 4 is 28.7 Å². The summed E-state index contributed by atoms with van der Waals surface area (Å²) in [4.78, 5) is 27.1. The average Bonchev–Trinajstić information content (AvgIpc) is 3.13. The van der Waals surface area contributed by atoms with Gasteiger partial charge in [-0.2, -0.15) is 0 Å². The largest absolute Gasteiger partial charge is 0.465 e. The summed E-state index contributed by atoms with van der Waals surface area (Å²) in [5, 5.41) is 1.03. The number of rotatable bonds is 4. The molecule has 0 spiro atoms. The topological polar surface area (TPSA) is 51.5 Å². The van der Waals surface area contributed by atoms with Gasteiger partial charge in [-0.05, 0) is 36.6 Å². The third-order valence-electron chi connectivity index (χ3n) is 6.28. The molecule has 5 nitrogen and oxygen atoms in total. The lowest BCUT2D eigenvalue weighted by Crippen LogP contribution is -2.45.